The summed E-state index contributed by atoms with van der Waals surface area (Å²) in [6, 6.07) is 7.75. The molecule has 1 N–H and O–H groups in total. The van der Waals surface area contributed by atoms with Crippen LogP contribution in [0.1, 0.15) is 35.9 Å². The van der Waals surface area contributed by atoms with Gasteiger partial charge in [0.25, 0.3) is 5.91 Å². The van der Waals surface area contributed by atoms with Crippen molar-refractivity contribution in [3.8, 4) is 17.0 Å². The first kappa shape index (κ1) is 16.1. The molecule has 6 nitrogen and oxygen atoms in total. The Labute approximate surface area is 146 Å². The first-order valence-corrected chi connectivity index (χ1v) is 8.80. The molecule has 2 aliphatic heterocycles. The van der Waals surface area contributed by atoms with Crippen molar-refractivity contribution in [1.82, 2.24) is 10.1 Å². The molecule has 0 radical (unpaired) electrons. The predicted octanol–water partition coefficient (Wildman–Crippen LogP) is 2.51. The average molecular weight is 342 g/mol. The number of carbonyl (C=O) groups excluding carboxylic acids is 1. The summed E-state index contributed by atoms with van der Waals surface area (Å²) in [5, 5.41) is 13.5. The lowest BCUT2D eigenvalue weighted by Crippen LogP contribution is -2.46. The molecule has 0 aliphatic carbocycles. The lowest BCUT2D eigenvalue weighted by atomic mass is 9.94. The first-order valence-electron chi connectivity index (χ1n) is 8.80. The Morgan fingerprint density at radius 1 is 1.36 bits per heavy atom. The molecule has 2 atom stereocenters. The normalized spacial score (nSPS) is 22.6. The van der Waals surface area contributed by atoms with E-state index in [2.05, 4.69) is 5.16 Å². The third kappa shape index (κ3) is 3.02. The molecule has 1 amide bonds. The van der Waals surface area contributed by atoms with Gasteiger partial charge in [0.2, 0.25) is 5.76 Å². The minimum Gasteiger partial charge on any atom is -0.493 e. The van der Waals surface area contributed by atoms with Crippen molar-refractivity contribution >= 4 is 5.91 Å². The van der Waals surface area contributed by atoms with Gasteiger partial charge in [-0.05, 0) is 49.4 Å². The highest BCUT2D eigenvalue weighted by atomic mass is 16.5. The van der Waals surface area contributed by atoms with Crippen LogP contribution in [-0.2, 0) is 6.42 Å². The van der Waals surface area contributed by atoms with E-state index in [1.165, 1.54) is 0 Å². The Kier molecular flexibility index (Phi) is 4.21. The van der Waals surface area contributed by atoms with Crippen molar-refractivity contribution < 1.29 is 19.2 Å². The van der Waals surface area contributed by atoms with Crippen LogP contribution in [0.25, 0.3) is 11.3 Å². The monoisotopic (exact) mass is 342 g/mol. The van der Waals surface area contributed by atoms with Crippen molar-refractivity contribution in [2.45, 2.75) is 32.2 Å². The zero-order valence-corrected chi connectivity index (χ0v) is 14.3. The minimum absolute atomic E-state index is 0.106. The Morgan fingerprint density at radius 3 is 3.08 bits per heavy atom. The van der Waals surface area contributed by atoms with Crippen molar-refractivity contribution in [3.63, 3.8) is 0 Å². The highest BCUT2D eigenvalue weighted by Gasteiger charge is 2.31. The van der Waals surface area contributed by atoms with E-state index in [1.54, 1.807) is 11.0 Å². The maximum absolute atomic E-state index is 12.8. The second kappa shape index (κ2) is 6.52. The first-order chi connectivity index (χ1) is 12.2. The summed E-state index contributed by atoms with van der Waals surface area (Å²) >= 11 is 0. The number of hydrogen-bond donors (Lipinski definition) is 1. The summed E-state index contributed by atoms with van der Waals surface area (Å²) < 4.78 is 10.9. The SMILES string of the molecule is CC1CCC(CO)CN1C(=O)c1cc(-c2ccc3c(c2)CCO3)no1. The number of carbonyl (C=O) groups is 1. The summed E-state index contributed by atoms with van der Waals surface area (Å²) in [5.41, 5.74) is 2.73. The quantitative estimate of drug-likeness (QED) is 0.927. The molecule has 0 bridgehead atoms. The molecule has 6 heteroatoms. The maximum atomic E-state index is 12.8. The molecule has 2 unspecified atom stereocenters. The predicted molar refractivity (Wildman–Crippen MR) is 91.4 cm³/mol. The number of hydrogen-bond acceptors (Lipinski definition) is 5. The van der Waals surface area contributed by atoms with Gasteiger partial charge < -0.3 is 19.3 Å². The van der Waals surface area contributed by atoms with Crippen LogP contribution in [0.5, 0.6) is 5.75 Å². The molecule has 2 aliphatic rings. The third-order valence-electron chi connectivity index (χ3n) is 5.20. The number of aliphatic hydroxyl groups excluding tert-OH is 1. The van der Waals surface area contributed by atoms with Gasteiger partial charge in [0.05, 0.1) is 6.61 Å². The summed E-state index contributed by atoms with van der Waals surface area (Å²) in [7, 11) is 0. The smallest absolute Gasteiger partial charge is 0.292 e. The molecule has 1 saturated heterocycles. The fraction of sp³-hybridized carbons (Fsp3) is 0.474. The van der Waals surface area contributed by atoms with E-state index in [4.69, 9.17) is 9.26 Å². The number of rotatable bonds is 3. The molecule has 1 fully saturated rings. The molecule has 2 aromatic rings. The van der Waals surface area contributed by atoms with E-state index in [-0.39, 0.29) is 30.2 Å². The number of nitrogens with zero attached hydrogens (tertiary/aromatic N) is 2. The van der Waals surface area contributed by atoms with Gasteiger partial charge in [0.1, 0.15) is 11.4 Å². The average Bonchev–Trinajstić information content (AvgIpc) is 3.30. The maximum Gasteiger partial charge on any atom is 0.292 e. The fourth-order valence-corrected chi connectivity index (χ4v) is 3.61. The van der Waals surface area contributed by atoms with Crippen LogP contribution in [0.3, 0.4) is 0 Å². The van der Waals surface area contributed by atoms with E-state index < -0.39 is 0 Å². The van der Waals surface area contributed by atoms with Crippen molar-refractivity contribution in [2.24, 2.45) is 5.92 Å². The third-order valence-corrected chi connectivity index (χ3v) is 5.20. The molecule has 3 heterocycles. The molecule has 25 heavy (non-hydrogen) atoms. The van der Waals surface area contributed by atoms with Gasteiger partial charge in [-0.1, -0.05) is 5.16 Å². The van der Waals surface area contributed by atoms with E-state index >= 15 is 0 Å². The largest absolute Gasteiger partial charge is 0.493 e. The van der Waals surface area contributed by atoms with Gasteiger partial charge in [0.15, 0.2) is 0 Å². The lowest BCUT2D eigenvalue weighted by Gasteiger charge is -2.36. The number of benzene rings is 1. The standard InChI is InChI=1S/C19H22N2O4/c1-12-2-3-13(11-22)10-21(12)19(23)18-9-16(20-25-18)14-4-5-17-15(8-14)6-7-24-17/h4-5,8-9,12-13,22H,2-3,6-7,10-11H2,1H3. The van der Waals surface area contributed by atoms with E-state index in [9.17, 15) is 9.90 Å². The molecule has 1 aromatic carbocycles. The Balaban J connectivity index is 1.55. The number of ether oxygens (including phenoxy) is 1. The van der Waals surface area contributed by atoms with Crippen LogP contribution in [-0.4, -0.2) is 46.9 Å². The Morgan fingerprint density at radius 2 is 2.24 bits per heavy atom. The topological polar surface area (TPSA) is 75.8 Å². The second-order valence-corrected chi connectivity index (χ2v) is 6.93. The van der Waals surface area contributed by atoms with Crippen molar-refractivity contribution in [2.75, 3.05) is 19.8 Å². The van der Waals surface area contributed by atoms with Crippen LogP contribution in [0, 0.1) is 5.92 Å². The van der Waals surface area contributed by atoms with Crippen LogP contribution in [0.4, 0.5) is 0 Å². The van der Waals surface area contributed by atoms with E-state index in [1.807, 2.05) is 25.1 Å². The summed E-state index contributed by atoms with van der Waals surface area (Å²) in [6.45, 7) is 3.40. The number of likely N-dealkylation sites (tertiary alicyclic amines) is 1. The van der Waals surface area contributed by atoms with Gasteiger partial charge in [-0.2, -0.15) is 0 Å². The molecule has 1 aromatic heterocycles. The zero-order chi connectivity index (χ0) is 17.4. The molecule has 132 valence electrons. The Bertz CT molecular complexity index is 785. The van der Waals surface area contributed by atoms with Crippen LogP contribution < -0.4 is 4.74 Å². The summed E-state index contributed by atoms with van der Waals surface area (Å²) in [5.74, 6) is 1.14. The van der Waals surface area contributed by atoms with Gasteiger partial charge in [-0.15, -0.1) is 0 Å². The molecular weight excluding hydrogens is 320 g/mol. The van der Waals surface area contributed by atoms with Crippen LogP contribution in [0.2, 0.25) is 0 Å². The van der Waals surface area contributed by atoms with E-state index in [0.717, 1.165) is 36.1 Å². The fourth-order valence-electron chi connectivity index (χ4n) is 3.61. The van der Waals surface area contributed by atoms with Crippen molar-refractivity contribution in [1.29, 1.82) is 0 Å². The molecular formula is C19H22N2O4. The van der Waals surface area contributed by atoms with Gasteiger partial charge in [0, 0.05) is 37.2 Å². The minimum atomic E-state index is -0.158. The van der Waals surface area contributed by atoms with Gasteiger partial charge in [-0.3, -0.25) is 4.79 Å². The van der Waals surface area contributed by atoms with E-state index in [0.29, 0.717) is 18.8 Å². The molecule has 0 saturated carbocycles. The molecule has 4 rings (SSSR count). The van der Waals surface area contributed by atoms with Crippen LogP contribution >= 0.6 is 0 Å². The lowest BCUT2D eigenvalue weighted by molar-refractivity contribution is 0.0451. The van der Waals surface area contributed by atoms with Crippen LogP contribution in [0.15, 0.2) is 28.8 Å². The zero-order valence-electron chi connectivity index (χ0n) is 14.3. The number of amides is 1. The number of aliphatic hydroxyl groups is 1. The van der Waals surface area contributed by atoms with Gasteiger partial charge in [-0.25, -0.2) is 0 Å². The summed E-state index contributed by atoms with van der Waals surface area (Å²) in [6.07, 6.45) is 2.73. The summed E-state index contributed by atoms with van der Waals surface area (Å²) in [4.78, 5) is 14.6. The molecule has 0 spiro atoms. The number of aromatic nitrogens is 1. The highest BCUT2D eigenvalue weighted by Crippen LogP contribution is 2.31. The number of fused-ring (bicyclic) bond motifs is 1. The van der Waals surface area contributed by atoms with Crippen molar-refractivity contribution in [3.05, 3.63) is 35.6 Å². The second-order valence-electron chi connectivity index (χ2n) is 6.93. The van der Waals surface area contributed by atoms with Gasteiger partial charge >= 0.3 is 0 Å². The highest BCUT2D eigenvalue weighted by molar-refractivity contribution is 5.92. The number of piperidine rings is 1. The Hall–Kier alpha value is -2.34.